The maximum atomic E-state index is 13.9. The minimum atomic E-state index is -4.19. The molecule has 0 bridgehead atoms. The van der Waals surface area contributed by atoms with E-state index >= 15 is 0 Å². The van der Waals surface area contributed by atoms with Crippen molar-refractivity contribution in [3.8, 4) is 5.75 Å². The summed E-state index contributed by atoms with van der Waals surface area (Å²) in [6.07, 6.45) is 0. The number of sulfonamides is 1. The van der Waals surface area contributed by atoms with Gasteiger partial charge in [-0.1, -0.05) is 53.5 Å². The van der Waals surface area contributed by atoms with E-state index in [1.165, 1.54) is 42.3 Å². The van der Waals surface area contributed by atoms with Crippen LogP contribution >= 0.6 is 23.2 Å². The third kappa shape index (κ3) is 7.65. The Bertz CT molecular complexity index is 1400. The highest BCUT2D eigenvalue weighted by molar-refractivity contribution is 7.92. The van der Waals surface area contributed by atoms with Crippen LogP contribution in [0, 0.1) is 0 Å². The Balaban J connectivity index is 2.05. The van der Waals surface area contributed by atoms with Gasteiger partial charge in [0.05, 0.1) is 22.7 Å². The summed E-state index contributed by atoms with van der Waals surface area (Å²) in [7, 11) is -2.75. The Labute approximate surface area is 239 Å². The second kappa shape index (κ2) is 13.2. The van der Waals surface area contributed by atoms with Crippen molar-refractivity contribution >= 4 is 50.7 Å². The van der Waals surface area contributed by atoms with E-state index < -0.39 is 28.5 Å². The maximum Gasteiger partial charge on any atom is 0.264 e. The van der Waals surface area contributed by atoms with E-state index in [0.29, 0.717) is 10.8 Å². The van der Waals surface area contributed by atoms with Gasteiger partial charge in [-0.15, -0.1) is 0 Å². The molecular weight excluding hydrogens is 561 g/mol. The Hall–Kier alpha value is -3.27. The van der Waals surface area contributed by atoms with Crippen LogP contribution in [-0.2, 0) is 26.2 Å². The molecule has 3 aromatic rings. The van der Waals surface area contributed by atoms with Crippen molar-refractivity contribution < 1.29 is 22.7 Å². The summed E-state index contributed by atoms with van der Waals surface area (Å²) >= 11 is 12.3. The van der Waals surface area contributed by atoms with E-state index in [-0.39, 0.29) is 34.1 Å². The minimum Gasteiger partial charge on any atom is -0.495 e. The van der Waals surface area contributed by atoms with Crippen LogP contribution in [0.4, 0.5) is 5.69 Å². The number of anilines is 1. The highest BCUT2D eigenvalue weighted by atomic mass is 35.5. The van der Waals surface area contributed by atoms with E-state index in [9.17, 15) is 18.0 Å². The molecular formula is C28H31Cl2N3O5S. The normalized spacial score (nSPS) is 12.1. The number of methoxy groups -OCH3 is 1. The average Bonchev–Trinajstić information content (AvgIpc) is 2.90. The van der Waals surface area contributed by atoms with Crippen LogP contribution in [0.25, 0.3) is 0 Å². The third-order valence-electron chi connectivity index (χ3n) is 5.90. The average molecular weight is 593 g/mol. The van der Waals surface area contributed by atoms with Crippen LogP contribution < -0.4 is 14.4 Å². The molecule has 208 valence electrons. The molecule has 1 N–H and O–H groups in total. The monoisotopic (exact) mass is 591 g/mol. The van der Waals surface area contributed by atoms with E-state index in [1.807, 2.05) is 13.8 Å². The van der Waals surface area contributed by atoms with Crippen molar-refractivity contribution in [2.45, 2.75) is 44.3 Å². The number of carbonyl (C=O) groups excluding carboxylic acids is 2. The summed E-state index contributed by atoms with van der Waals surface area (Å²) in [4.78, 5) is 28.2. The zero-order chi connectivity index (χ0) is 28.7. The molecule has 3 rings (SSSR count). The number of rotatable bonds is 11. The second-order valence-corrected chi connectivity index (χ2v) is 11.8. The summed E-state index contributed by atoms with van der Waals surface area (Å²) in [5.41, 5.74) is 0.894. The largest absolute Gasteiger partial charge is 0.495 e. The molecule has 39 heavy (non-hydrogen) atoms. The van der Waals surface area contributed by atoms with Crippen LogP contribution in [0.5, 0.6) is 5.75 Å². The first-order valence-corrected chi connectivity index (χ1v) is 14.4. The fourth-order valence-electron chi connectivity index (χ4n) is 3.83. The lowest BCUT2D eigenvalue weighted by Gasteiger charge is -2.32. The van der Waals surface area contributed by atoms with E-state index in [1.54, 1.807) is 49.4 Å². The predicted octanol–water partition coefficient (Wildman–Crippen LogP) is 5.14. The van der Waals surface area contributed by atoms with Gasteiger partial charge in [-0.05, 0) is 68.8 Å². The topological polar surface area (TPSA) is 96.0 Å². The fourth-order valence-corrected chi connectivity index (χ4v) is 5.64. The van der Waals surface area contributed by atoms with Gasteiger partial charge in [0.1, 0.15) is 18.3 Å². The van der Waals surface area contributed by atoms with Gasteiger partial charge in [0, 0.05) is 17.6 Å². The maximum absolute atomic E-state index is 13.9. The van der Waals surface area contributed by atoms with Crippen molar-refractivity contribution in [2.75, 3.05) is 18.0 Å². The van der Waals surface area contributed by atoms with Gasteiger partial charge < -0.3 is 15.0 Å². The van der Waals surface area contributed by atoms with Crippen molar-refractivity contribution in [1.29, 1.82) is 0 Å². The van der Waals surface area contributed by atoms with Crippen LogP contribution in [0.2, 0.25) is 10.0 Å². The Kier molecular flexibility index (Phi) is 10.2. The number of carbonyl (C=O) groups is 2. The summed E-state index contributed by atoms with van der Waals surface area (Å²) in [5, 5.41) is 3.52. The van der Waals surface area contributed by atoms with Crippen molar-refractivity contribution in [1.82, 2.24) is 10.2 Å². The highest BCUT2D eigenvalue weighted by Crippen LogP contribution is 2.32. The van der Waals surface area contributed by atoms with Crippen LogP contribution in [0.3, 0.4) is 0 Å². The Morgan fingerprint density at radius 3 is 2.15 bits per heavy atom. The summed E-state index contributed by atoms with van der Waals surface area (Å²) in [6, 6.07) is 18.1. The molecule has 3 aromatic carbocycles. The summed E-state index contributed by atoms with van der Waals surface area (Å²) in [6.45, 7) is 4.72. The zero-order valence-corrected chi connectivity index (χ0v) is 24.4. The van der Waals surface area contributed by atoms with Gasteiger partial charge in [0.2, 0.25) is 11.8 Å². The molecule has 0 aliphatic carbocycles. The Morgan fingerprint density at radius 2 is 1.59 bits per heavy atom. The van der Waals surface area contributed by atoms with E-state index in [0.717, 1.165) is 9.87 Å². The first-order valence-electron chi connectivity index (χ1n) is 12.2. The molecule has 0 aliphatic rings. The molecule has 0 aromatic heterocycles. The number of amides is 2. The highest BCUT2D eigenvalue weighted by Gasteiger charge is 2.33. The smallest absolute Gasteiger partial charge is 0.264 e. The van der Waals surface area contributed by atoms with Crippen molar-refractivity contribution in [2.24, 2.45) is 0 Å². The standard InChI is InChI=1S/C28H31Cl2N3O5S/c1-19(2)31-28(35)20(3)32(17-21-10-12-22(29)13-11-21)27(34)18-33(23-14-15-26(38-4)25(30)16-23)39(36,37)24-8-6-5-7-9-24/h5-16,19-20H,17-18H2,1-4H3,(H,31,35)/t20-/m0/s1. The lowest BCUT2D eigenvalue weighted by atomic mass is 10.1. The van der Waals surface area contributed by atoms with Crippen LogP contribution in [0.1, 0.15) is 26.3 Å². The molecule has 0 radical (unpaired) electrons. The third-order valence-corrected chi connectivity index (χ3v) is 8.23. The molecule has 11 heteroatoms. The summed E-state index contributed by atoms with van der Waals surface area (Å²) < 4.78 is 33.8. The van der Waals surface area contributed by atoms with Gasteiger partial charge in [-0.2, -0.15) is 0 Å². The number of hydrogen-bond acceptors (Lipinski definition) is 5. The SMILES string of the molecule is COc1ccc(N(CC(=O)N(Cc2ccc(Cl)cc2)[C@@H](C)C(=O)NC(C)C)S(=O)(=O)c2ccccc2)cc1Cl. The molecule has 2 amide bonds. The first-order chi connectivity index (χ1) is 18.4. The number of halogens is 2. The molecule has 1 atom stereocenters. The Morgan fingerprint density at radius 1 is 0.949 bits per heavy atom. The van der Waals surface area contributed by atoms with Gasteiger partial charge >= 0.3 is 0 Å². The molecule has 0 saturated carbocycles. The lowest BCUT2D eigenvalue weighted by Crippen LogP contribution is -2.52. The summed E-state index contributed by atoms with van der Waals surface area (Å²) in [5.74, 6) is -0.591. The second-order valence-electron chi connectivity index (χ2n) is 9.13. The molecule has 0 heterocycles. The molecule has 0 fully saturated rings. The molecule has 8 nitrogen and oxygen atoms in total. The van der Waals surface area contributed by atoms with E-state index in [4.69, 9.17) is 27.9 Å². The molecule has 0 saturated heterocycles. The molecule has 0 spiro atoms. The zero-order valence-electron chi connectivity index (χ0n) is 22.1. The molecule has 0 aliphatic heterocycles. The van der Waals surface area contributed by atoms with Crippen molar-refractivity contribution in [3.05, 3.63) is 88.4 Å². The van der Waals surface area contributed by atoms with Crippen LogP contribution in [0.15, 0.2) is 77.7 Å². The number of nitrogens with one attached hydrogen (secondary N) is 1. The lowest BCUT2D eigenvalue weighted by molar-refractivity contribution is -0.139. The molecule has 0 unspecified atom stereocenters. The quantitative estimate of drug-likeness (QED) is 0.333. The first kappa shape index (κ1) is 30.3. The van der Waals surface area contributed by atoms with E-state index in [2.05, 4.69) is 5.32 Å². The number of benzene rings is 3. The van der Waals surface area contributed by atoms with Crippen molar-refractivity contribution in [3.63, 3.8) is 0 Å². The van der Waals surface area contributed by atoms with Gasteiger partial charge in [-0.3, -0.25) is 13.9 Å². The number of nitrogens with zero attached hydrogens (tertiary/aromatic N) is 2. The fraction of sp³-hybridized carbons (Fsp3) is 0.286. The minimum absolute atomic E-state index is 0.000379. The predicted molar refractivity (Wildman–Crippen MR) is 154 cm³/mol. The van der Waals surface area contributed by atoms with Crippen LogP contribution in [-0.4, -0.2) is 50.9 Å². The number of ether oxygens (including phenoxy) is 1. The van der Waals surface area contributed by atoms with Gasteiger partial charge in [-0.25, -0.2) is 8.42 Å². The van der Waals surface area contributed by atoms with Gasteiger partial charge in [0.25, 0.3) is 10.0 Å². The van der Waals surface area contributed by atoms with Gasteiger partial charge in [0.15, 0.2) is 0 Å². The number of hydrogen-bond donors (Lipinski definition) is 1.